The molecule has 0 aliphatic heterocycles. The van der Waals surface area contributed by atoms with E-state index in [9.17, 15) is 9.18 Å². The largest absolute Gasteiger partial charge is 0.494 e. The molecule has 0 unspecified atom stereocenters. The van der Waals surface area contributed by atoms with Crippen LogP contribution in [0.15, 0.2) is 53.5 Å². The average molecular weight is 299 g/mol. The van der Waals surface area contributed by atoms with Crippen LogP contribution >= 0.6 is 0 Å². The topological polar surface area (TPSA) is 55.6 Å². The van der Waals surface area contributed by atoms with Crippen LogP contribution in [0.1, 0.15) is 5.69 Å². The first-order chi connectivity index (χ1) is 10.7. The third-order valence-corrected chi connectivity index (χ3v) is 3.25. The first kappa shape index (κ1) is 14.1. The molecule has 0 saturated carbocycles. The summed E-state index contributed by atoms with van der Waals surface area (Å²) in [6, 6.07) is 11.1. The molecule has 1 aromatic carbocycles. The van der Waals surface area contributed by atoms with Crippen LogP contribution < -0.4 is 15.6 Å². The van der Waals surface area contributed by atoms with Gasteiger partial charge in [0, 0.05) is 18.3 Å². The van der Waals surface area contributed by atoms with E-state index in [0.717, 1.165) is 0 Å². The summed E-state index contributed by atoms with van der Waals surface area (Å²) in [6.45, 7) is 0.336. The van der Waals surface area contributed by atoms with Gasteiger partial charge in [0.05, 0.1) is 25.0 Å². The molecule has 0 amide bonds. The number of fused-ring (bicyclic) bond motifs is 1. The van der Waals surface area contributed by atoms with Gasteiger partial charge >= 0.3 is 0 Å². The SMILES string of the molecule is COc1cc(F)ccc1NCc1cc(=O)n2ccccc2n1. The second-order valence-electron chi connectivity index (χ2n) is 4.71. The molecular formula is C16H14FN3O2. The highest BCUT2D eigenvalue weighted by Crippen LogP contribution is 2.25. The van der Waals surface area contributed by atoms with E-state index in [-0.39, 0.29) is 11.4 Å². The second-order valence-corrected chi connectivity index (χ2v) is 4.71. The zero-order chi connectivity index (χ0) is 15.5. The molecule has 5 nitrogen and oxygen atoms in total. The lowest BCUT2D eigenvalue weighted by atomic mass is 10.2. The Morgan fingerprint density at radius 1 is 1.27 bits per heavy atom. The van der Waals surface area contributed by atoms with Gasteiger partial charge in [0.25, 0.3) is 5.56 Å². The van der Waals surface area contributed by atoms with Crippen molar-refractivity contribution < 1.29 is 9.13 Å². The first-order valence-electron chi connectivity index (χ1n) is 6.72. The molecule has 1 N–H and O–H groups in total. The number of aromatic nitrogens is 2. The number of anilines is 1. The maximum absolute atomic E-state index is 13.2. The highest BCUT2D eigenvalue weighted by Gasteiger charge is 2.06. The third kappa shape index (κ3) is 2.76. The summed E-state index contributed by atoms with van der Waals surface area (Å²) in [6.07, 6.45) is 1.67. The van der Waals surface area contributed by atoms with Crippen molar-refractivity contribution in [3.8, 4) is 5.75 Å². The van der Waals surface area contributed by atoms with Crippen LogP contribution in [-0.2, 0) is 6.54 Å². The summed E-state index contributed by atoms with van der Waals surface area (Å²) in [5.41, 5.74) is 1.67. The normalized spacial score (nSPS) is 10.6. The standard InChI is InChI=1S/C16H14FN3O2/c1-22-14-8-11(17)5-6-13(14)18-10-12-9-16(21)20-7-3-2-4-15(20)19-12/h2-9,18H,10H2,1H3. The summed E-state index contributed by atoms with van der Waals surface area (Å²) < 4.78 is 19.8. The summed E-state index contributed by atoms with van der Waals surface area (Å²) in [7, 11) is 1.47. The minimum Gasteiger partial charge on any atom is -0.494 e. The van der Waals surface area contributed by atoms with Crippen molar-refractivity contribution in [1.82, 2.24) is 9.38 Å². The van der Waals surface area contributed by atoms with Gasteiger partial charge in [0.15, 0.2) is 0 Å². The van der Waals surface area contributed by atoms with Gasteiger partial charge in [-0.2, -0.15) is 0 Å². The summed E-state index contributed by atoms with van der Waals surface area (Å²) >= 11 is 0. The maximum Gasteiger partial charge on any atom is 0.258 e. The molecule has 0 spiro atoms. The zero-order valence-corrected chi connectivity index (χ0v) is 11.9. The van der Waals surface area contributed by atoms with E-state index in [4.69, 9.17) is 4.74 Å². The van der Waals surface area contributed by atoms with E-state index in [0.29, 0.717) is 29.3 Å². The molecule has 2 aromatic heterocycles. The number of nitrogens with zero attached hydrogens (tertiary/aromatic N) is 2. The predicted molar refractivity (Wildman–Crippen MR) is 81.7 cm³/mol. The van der Waals surface area contributed by atoms with Gasteiger partial charge < -0.3 is 10.1 Å². The average Bonchev–Trinajstić information content (AvgIpc) is 2.53. The fourth-order valence-corrected chi connectivity index (χ4v) is 2.19. The van der Waals surface area contributed by atoms with Crippen LogP contribution in [0, 0.1) is 5.82 Å². The van der Waals surface area contributed by atoms with Crippen molar-refractivity contribution in [1.29, 1.82) is 0 Å². The van der Waals surface area contributed by atoms with E-state index in [1.165, 1.54) is 29.7 Å². The molecule has 0 bridgehead atoms. The summed E-state index contributed by atoms with van der Waals surface area (Å²) in [5.74, 6) is 0.0296. The van der Waals surface area contributed by atoms with E-state index in [1.54, 1.807) is 24.4 Å². The van der Waals surface area contributed by atoms with Crippen LogP contribution in [0.3, 0.4) is 0 Å². The van der Waals surface area contributed by atoms with Gasteiger partial charge in [-0.1, -0.05) is 6.07 Å². The first-order valence-corrected chi connectivity index (χ1v) is 6.72. The molecular weight excluding hydrogens is 285 g/mol. The lowest BCUT2D eigenvalue weighted by Gasteiger charge is -2.11. The van der Waals surface area contributed by atoms with Crippen molar-refractivity contribution in [2.24, 2.45) is 0 Å². The van der Waals surface area contributed by atoms with Crippen LogP contribution in [0.5, 0.6) is 5.75 Å². The number of pyridine rings is 1. The fourth-order valence-electron chi connectivity index (χ4n) is 2.19. The number of nitrogens with one attached hydrogen (secondary N) is 1. The molecule has 112 valence electrons. The van der Waals surface area contributed by atoms with Crippen LogP contribution in [0.4, 0.5) is 10.1 Å². The number of halogens is 1. The molecule has 0 radical (unpaired) electrons. The zero-order valence-electron chi connectivity index (χ0n) is 11.9. The fraction of sp³-hybridized carbons (Fsp3) is 0.125. The Bertz CT molecular complexity index is 877. The molecule has 6 heteroatoms. The molecule has 3 aromatic rings. The molecule has 0 aliphatic rings. The molecule has 0 fully saturated rings. The predicted octanol–water partition coefficient (Wildman–Crippen LogP) is 2.45. The van der Waals surface area contributed by atoms with Crippen LogP contribution in [-0.4, -0.2) is 16.5 Å². The van der Waals surface area contributed by atoms with Crippen LogP contribution in [0.25, 0.3) is 5.65 Å². The lowest BCUT2D eigenvalue weighted by molar-refractivity contribution is 0.413. The summed E-state index contributed by atoms with van der Waals surface area (Å²) in [4.78, 5) is 16.4. The minimum atomic E-state index is -0.371. The number of rotatable bonds is 4. The van der Waals surface area contributed by atoms with Gasteiger partial charge in [-0.25, -0.2) is 9.37 Å². The third-order valence-electron chi connectivity index (χ3n) is 3.25. The smallest absolute Gasteiger partial charge is 0.258 e. The molecule has 3 rings (SSSR count). The Balaban J connectivity index is 1.87. The molecule has 0 atom stereocenters. The summed E-state index contributed by atoms with van der Waals surface area (Å²) in [5, 5.41) is 3.10. The number of hydrogen-bond acceptors (Lipinski definition) is 4. The van der Waals surface area contributed by atoms with Crippen molar-refractivity contribution >= 4 is 11.3 Å². The second kappa shape index (κ2) is 5.85. The molecule has 0 saturated heterocycles. The molecule has 2 heterocycles. The van der Waals surface area contributed by atoms with Gasteiger partial charge in [-0.3, -0.25) is 9.20 Å². The van der Waals surface area contributed by atoms with Gasteiger partial charge in [-0.05, 0) is 24.3 Å². The highest BCUT2D eigenvalue weighted by molar-refractivity contribution is 5.56. The Labute approximate surface area is 126 Å². The van der Waals surface area contributed by atoms with E-state index in [2.05, 4.69) is 10.3 Å². The Morgan fingerprint density at radius 2 is 2.14 bits per heavy atom. The lowest BCUT2D eigenvalue weighted by Crippen LogP contribution is -2.16. The highest BCUT2D eigenvalue weighted by atomic mass is 19.1. The number of ether oxygens (including phenoxy) is 1. The van der Waals surface area contributed by atoms with Gasteiger partial charge in [0.1, 0.15) is 17.2 Å². The van der Waals surface area contributed by atoms with Crippen molar-refractivity contribution in [3.05, 3.63) is 70.5 Å². The maximum atomic E-state index is 13.2. The van der Waals surface area contributed by atoms with Crippen molar-refractivity contribution in [2.75, 3.05) is 12.4 Å². The van der Waals surface area contributed by atoms with Gasteiger partial charge in [-0.15, -0.1) is 0 Å². The molecule has 0 aliphatic carbocycles. The van der Waals surface area contributed by atoms with E-state index >= 15 is 0 Å². The monoisotopic (exact) mass is 299 g/mol. The quantitative estimate of drug-likeness (QED) is 0.804. The number of methoxy groups -OCH3 is 1. The number of benzene rings is 1. The Kier molecular flexibility index (Phi) is 3.74. The Morgan fingerprint density at radius 3 is 2.95 bits per heavy atom. The minimum absolute atomic E-state index is 0.145. The van der Waals surface area contributed by atoms with Crippen LogP contribution in [0.2, 0.25) is 0 Å². The van der Waals surface area contributed by atoms with E-state index < -0.39 is 0 Å². The number of hydrogen-bond donors (Lipinski definition) is 1. The van der Waals surface area contributed by atoms with Crippen molar-refractivity contribution in [3.63, 3.8) is 0 Å². The van der Waals surface area contributed by atoms with Gasteiger partial charge in [0.2, 0.25) is 0 Å². The van der Waals surface area contributed by atoms with Crippen molar-refractivity contribution in [2.45, 2.75) is 6.54 Å². The Hall–Kier alpha value is -2.89. The molecule has 22 heavy (non-hydrogen) atoms. The van der Waals surface area contributed by atoms with E-state index in [1.807, 2.05) is 6.07 Å².